The lowest BCUT2D eigenvalue weighted by molar-refractivity contribution is 0.0980. The monoisotopic (exact) mass is 362 g/mol. The highest BCUT2D eigenvalue weighted by atomic mass is 16.1. The zero-order valence-electron chi connectivity index (χ0n) is 16.5. The molecule has 2 aromatic carbocycles. The summed E-state index contributed by atoms with van der Waals surface area (Å²) in [5, 5.41) is 6.33. The number of carbonyl (C=O) groups excluding carboxylic acids is 1. The van der Waals surface area contributed by atoms with Gasteiger partial charge in [0.1, 0.15) is 0 Å². The van der Waals surface area contributed by atoms with Crippen LogP contribution in [0.25, 0.3) is 5.57 Å². The maximum atomic E-state index is 12.6. The van der Waals surface area contributed by atoms with Gasteiger partial charge in [0.25, 0.3) is 0 Å². The van der Waals surface area contributed by atoms with Crippen molar-refractivity contribution in [3.05, 3.63) is 76.4 Å². The van der Waals surface area contributed by atoms with E-state index in [0.717, 1.165) is 44.3 Å². The Balaban J connectivity index is 1.94. The summed E-state index contributed by atoms with van der Waals surface area (Å²) in [7, 11) is 3.91. The largest absolute Gasteiger partial charge is 0.320 e. The van der Waals surface area contributed by atoms with E-state index >= 15 is 0 Å². The van der Waals surface area contributed by atoms with Gasteiger partial charge >= 0.3 is 0 Å². The maximum absolute atomic E-state index is 12.6. The number of nitrogens with one attached hydrogen (secondary N) is 2. The average molecular weight is 363 g/mol. The zero-order chi connectivity index (χ0) is 19.1. The van der Waals surface area contributed by atoms with Gasteiger partial charge in [0.15, 0.2) is 5.78 Å². The van der Waals surface area contributed by atoms with Gasteiger partial charge in [0.05, 0.1) is 0 Å². The summed E-state index contributed by atoms with van der Waals surface area (Å²) < 4.78 is 0. The molecule has 0 aliphatic heterocycles. The van der Waals surface area contributed by atoms with E-state index in [4.69, 9.17) is 0 Å². The Bertz CT molecular complexity index is 823. The number of hydrogen-bond donors (Lipinski definition) is 2. The van der Waals surface area contributed by atoms with Crippen molar-refractivity contribution in [3.63, 3.8) is 0 Å². The standard InChI is InChI=1S/C24H30N2O/c1-25-15-5-9-23-21-8-4-3-7-18(21)11-12-19-17-20(13-14-22(19)23)24(27)10-6-16-26-2/h3-4,7-9,13-14,17,25-26H,5-6,10-12,15-16H2,1-2H3/b23-9-. The summed E-state index contributed by atoms with van der Waals surface area (Å²) in [6, 6.07) is 15.0. The van der Waals surface area contributed by atoms with Crippen molar-refractivity contribution in [1.82, 2.24) is 10.6 Å². The lowest BCUT2D eigenvalue weighted by Gasteiger charge is -2.13. The van der Waals surface area contributed by atoms with Gasteiger partial charge in [-0.1, -0.05) is 42.5 Å². The molecule has 2 aromatic rings. The van der Waals surface area contributed by atoms with Gasteiger partial charge in [0, 0.05) is 12.0 Å². The van der Waals surface area contributed by atoms with Gasteiger partial charge < -0.3 is 10.6 Å². The lowest BCUT2D eigenvalue weighted by atomic mass is 9.91. The number of aryl methyl sites for hydroxylation is 2. The van der Waals surface area contributed by atoms with Crippen LogP contribution in [-0.2, 0) is 12.8 Å². The van der Waals surface area contributed by atoms with Gasteiger partial charge in [-0.3, -0.25) is 4.79 Å². The van der Waals surface area contributed by atoms with Gasteiger partial charge in [-0.25, -0.2) is 0 Å². The molecule has 1 aliphatic rings. The van der Waals surface area contributed by atoms with Gasteiger partial charge in [0.2, 0.25) is 0 Å². The molecule has 27 heavy (non-hydrogen) atoms. The van der Waals surface area contributed by atoms with Crippen LogP contribution < -0.4 is 10.6 Å². The molecule has 3 rings (SSSR count). The second kappa shape index (κ2) is 9.63. The molecule has 0 atom stereocenters. The Morgan fingerprint density at radius 1 is 0.963 bits per heavy atom. The third-order valence-corrected chi connectivity index (χ3v) is 5.26. The van der Waals surface area contributed by atoms with Crippen molar-refractivity contribution in [3.8, 4) is 0 Å². The van der Waals surface area contributed by atoms with Crippen molar-refractivity contribution in [1.29, 1.82) is 0 Å². The maximum Gasteiger partial charge on any atom is 0.162 e. The number of rotatable bonds is 8. The first kappa shape index (κ1) is 19.5. The molecule has 0 radical (unpaired) electrons. The average Bonchev–Trinajstić information content (AvgIpc) is 2.85. The Labute approximate surface area is 162 Å². The smallest absolute Gasteiger partial charge is 0.162 e. The molecule has 3 heteroatoms. The third kappa shape index (κ3) is 4.74. The molecule has 1 aliphatic carbocycles. The highest BCUT2D eigenvalue weighted by Crippen LogP contribution is 2.34. The summed E-state index contributed by atoms with van der Waals surface area (Å²) in [4.78, 5) is 12.6. The summed E-state index contributed by atoms with van der Waals surface area (Å²) in [5.74, 6) is 0.246. The first-order valence-electron chi connectivity index (χ1n) is 9.98. The van der Waals surface area contributed by atoms with Crippen LogP contribution >= 0.6 is 0 Å². The van der Waals surface area contributed by atoms with E-state index in [2.05, 4.69) is 53.1 Å². The van der Waals surface area contributed by atoms with Crippen molar-refractivity contribution < 1.29 is 4.79 Å². The van der Waals surface area contributed by atoms with Crippen molar-refractivity contribution >= 4 is 11.4 Å². The Morgan fingerprint density at radius 3 is 2.52 bits per heavy atom. The van der Waals surface area contributed by atoms with E-state index in [1.54, 1.807) is 0 Å². The van der Waals surface area contributed by atoms with E-state index < -0.39 is 0 Å². The Kier molecular flexibility index (Phi) is 6.97. The Morgan fingerprint density at radius 2 is 1.70 bits per heavy atom. The van der Waals surface area contributed by atoms with Crippen LogP contribution in [0.1, 0.15) is 51.9 Å². The number of carbonyl (C=O) groups is 1. The van der Waals surface area contributed by atoms with E-state index in [9.17, 15) is 4.79 Å². The lowest BCUT2D eigenvalue weighted by Crippen LogP contribution is -2.10. The molecular weight excluding hydrogens is 332 g/mol. The Hall–Kier alpha value is -2.23. The van der Waals surface area contributed by atoms with Crippen LogP contribution in [0.4, 0.5) is 0 Å². The minimum atomic E-state index is 0.246. The predicted molar refractivity (Wildman–Crippen MR) is 113 cm³/mol. The van der Waals surface area contributed by atoms with E-state index in [1.165, 1.54) is 27.8 Å². The molecule has 0 saturated carbocycles. The molecule has 142 valence electrons. The highest BCUT2D eigenvalue weighted by Gasteiger charge is 2.19. The molecule has 0 heterocycles. The molecule has 0 spiro atoms. The number of fused-ring (bicyclic) bond motifs is 2. The highest BCUT2D eigenvalue weighted by molar-refractivity contribution is 5.97. The fourth-order valence-corrected chi connectivity index (χ4v) is 3.80. The van der Waals surface area contributed by atoms with Crippen LogP contribution in [0.2, 0.25) is 0 Å². The first-order chi connectivity index (χ1) is 13.2. The van der Waals surface area contributed by atoms with Crippen LogP contribution in [0.5, 0.6) is 0 Å². The summed E-state index contributed by atoms with van der Waals surface area (Å²) in [5.41, 5.74) is 7.46. The van der Waals surface area contributed by atoms with E-state index in [0.29, 0.717) is 6.42 Å². The summed E-state index contributed by atoms with van der Waals surface area (Å²) in [6.07, 6.45) is 6.81. The number of Topliss-reactive ketones (excluding diaryl/α,β-unsaturated/α-hetero) is 1. The van der Waals surface area contributed by atoms with E-state index in [-0.39, 0.29) is 5.78 Å². The molecule has 3 nitrogen and oxygen atoms in total. The molecule has 0 saturated heterocycles. The molecule has 2 N–H and O–H groups in total. The number of benzene rings is 2. The minimum absolute atomic E-state index is 0.246. The van der Waals surface area contributed by atoms with Crippen molar-refractivity contribution in [2.75, 3.05) is 27.2 Å². The fourth-order valence-electron chi connectivity index (χ4n) is 3.80. The zero-order valence-corrected chi connectivity index (χ0v) is 16.5. The summed E-state index contributed by atoms with van der Waals surface area (Å²) >= 11 is 0. The molecule has 0 amide bonds. The molecule has 0 aromatic heterocycles. The van der Waals surface area contributed by atoms with Crippen molar-refractivity contribution in [2.24, 2.45) is 0 Å². The SMILES string of the molecule is CNCC/C=C1/c2ccccc2CCc2cc(C(=O)CCCNC)ccc21. The normalized spacial score (nSPS) is 14.5. The molecular formula is C24H30N2O. The van der Waals surface area contributed by atoms with E-state index in [1.807, 2.05) is 20.2 Å². The van der Waals surface area contributed by atoms with Crippen molar-refractivity contribution in [2.45, 2.75) is 32.1 Å². The third-order valence-electron chi connectivity index (χ3n) is 5.26. The molecule has 0 bridgehead atoms. The fraction of sp³-hybridized carbons (Fsp3) is 0.375. The number of ketones is 1. The second-order valence-electron chi connectivity index (χ2n) is 7.17. The van der Waals surface area contributed by atoms with Gasteiger partial charge in [-0.05, 0) is 86.8 Å². The van der Waals surface area contributed by atoms with Gasteiger partial charge in [-0.15, -0.1) is 0 Å². The minimum Gasteiger partial charge on any atom is -0.320 e. The summed E-state index contributed by atoms with van der Waals surface area (Å²) in [6.45, 7) is 1.84. The topological polar surface area (TPSA) is 41.1 Å². The second-order valence-corrected chi connectivity index (χ2v) is 7.17. The quantitative estimate of drug-likeness (QED) is 0.551. The first-order valence-corrected chi connectivity index (χ1v) is 9.98. The van der Waals surface area contributed by atoms with Crippen LogP contribution in [0, 0.1) is 0 Å². The number of hydrogen-bond acceptors (Lipinski definition) is 3. The predicted octanol–water partition coefficient (Wildman–Crippen LogP) is 4.01. The van der Waals surface area contributed by atoms with Crippen LogP contribution in [-0.4, -0.2) is 33.0 Å². The van der Waals surface area contributed by atoms with Crippen LogP contribution in [0.3, 0.4) is 0 Å². The molecule has 0 unspecified atom stereocenters. The van der Waals surface area contributed by atoms with Crippen LogP contribution in [0.15, 0.2) is 48.5 Å². The molecule has 0 fully saturated rings. The van der Waals surface area contributed by atoms with Gasteiger partial charge in [-0.2, -0.15) is 0 Å².